The van der Waals surface area contributed by atoms with E-state index in [2.05, 4.69) is 9.97 Å². The minimum absolute atomic E-state index is 0.0706. The Morgan fingerprint density at radius 1 is 1.03 bits per heavy atom. The van der Waals surface area contributed by atoms with Gasteiger partial charge in [0.2, 0.25) is 5.91 Å². The number of halogens is 1. The molecule has 2 aromatic heterocycles. The van der Waals surface area contributed by atoms with Crippen LogP contribution in [0.4, 0.5) is 9.52 Å². The fourth-order valence-electron chi connectivity index (χ4n) is 3.29. The number of rotatable bonds is 8. The number of fused-ring (bicyclic) bond motifs is 1. The Bertz CT molecular complexity index is 1590. The number of anilines is 1. The van der Waals surface area contributed by atoms with Crippen molar-refractivity contribution < 1.29 is 26.0 Å². The normalized spacial score (nSPS) is 12.1. The molecule has 0 atom stereocenters. The summed E-state index contributed by atoms with van der Waals surface area (Å²) in [5.74, 6) is -1.51. The van der Waals surface area contributed by atoms with Gasteiger partial charge in [0.25, 0.3) is 0 Å². The van der Waals surface area contributed by atoms with E-state index in [-0.39, 0.29) is 22.8 Å². The van der Waals surface area contributed by atoms with Crippen LogP contribution >= 0.6 is 11.3 Å². The lowest BCUT2D eigenvalue weighted by Gasteiger charge is -2.20. The number of hydrogen-bond donors (Lipinski definition) is 0. The molecule has 4 aromatic rings. The summed E-state index contributed by atoms with van der Waals surface area (Å²) in [7, 11) is -7.24. The highest BCUT2D eigenvalue weighted by atomic mass is 32.2. The van der Waals surface area contributed by atoms with Gasteiger partial charge in [0.1, 0.15) is 5.82 Å². The predicted octanol–water partition coefficient (Wildman–Crippen LogP) is 3.63. The lowest BCUT2D eigenvalue weighted by atomic mass is 10.2. The molecule has 0 unspecified atom stereocenters. The minimum Gasteiger partial charge on any atom is -0.284 e. The zero-order valence-corrected chi connectivity index (χ0v) is 20.9. The number of carbonyl (C=O) groups excluding carboxylic acids is 1. The number of pyridine rings is 1. The molecule has 0 N–H and O–H groups in total. The van der Waals surface area contributed by atoms with Crippen LogP contribution < -0.4 is 4.90 Å². The Morgan fingerprint density at radius 2 is 1.74 bits per heavy atom. The first-order valence-electron chi connectivity index (χ1n) is 10.3. The largest absolute Gasteiger partial charge is 0.284 e. The van der Waals surface area contributed by atoms with Gasteiger partial charge >= 0.3 is 0 Å². The van der Waals surface area contributed by atoms with Gasteiger partial charge in [0.05, 0.1) is 32.3 Å². The van der Waals surface area contributed by atoms with Gasteiger partial charge < -0.3 is 0 Å². The topological polar surface area (TPSA) is 114 Å². The highest BCUT2D eigenvalue weighted by Crippen LogP contribution is 2.32. The second kappa shape index (κ2) is 9.80. The average molecular weight is 534 g/mol. The number of thiazole rings is 1. The van der Waals surface area contributed by atoms with Crippen molar-refractivity contribution in [1.29, 1.82) is 0 Å². The molecular weight excluding hydrogens is 513 g/mol. The monoisotopic (exact) mass is 533 g/mol. The molecule has 0 aliphatic rings. The van der Waals surface area contributed by atoms with Gasteiger partial charge in [-0.25, -0.2) is 26.2 Å². The van der Waals surface area contributed by atoms with E-state index in [9.17, 15) is 26.0 Å². The van der Waals surface area contributed by atoms with Gasteiger partial charge in [0.15, 0.2) is 24.8 Å². The van der Waals surface area contributed by atoms with Crippen molar-refractivity contribution >= 4 is 52.3 Å². The third-order valence-corrected chi connectivity index (χ3v) is 9.01. The number of sulfone groups is 2. The second-order valence-electron chi connectivity index (χ2n) is 7.76. The molecule has 0 radical (unpaired) electrons. The maximum atomic E-state index is 13.2. The van der Waals surface area contributed by atoms with Crippen molar-refractivity contribution in [3.8, 4) is 0 Å². The summed E-state index contributed by atoms with van der Waals surface area (Å²) in [5, 5.41) is 0.304. The van der Waals surface area contributed by atoms with E-state index in [1.807, 2.05) is 0 Å². The van der Waals surface area contributed by atoms with Gasteiger partial charge in [-0.2, -0.15) is 0 Å². The minimum atomic E-state index is -3.82. The van der Waals surface area contributed by atoms with Crippen LogP contribution in [-0.4, -0.2) is 44.7 Å². The number of amides is 1. The number of carbonyl (C=O) groups is 1. The Labute approximate surface area is 205 Å². The van der Waals surface area contributed by atoms with Crippen LogP contribution in [0.2, 0.25) is 0 Å². The van der Waals surface area contributed by atoms with E-state index in [1.54, 1.807) is 30.6 Å². The van der Waals surface area contributed by atoms with Crippen LogP contribution in [0.25, 0.3) is 10.2 Å². The first kappa shape index (κ1) is 24.9. The van der Waals surface area contributed by atoms with Crippen LogP contribution in [0.5, 0.6) is 0 Å². The Balaban J connectivity index is 1.64. The first-order chi connectivity index (χ1) is 16.5. The smallest absolute Gasteiger partial charge is 0.230 e. The molecule has 2 aromatic carbocycles. The zero-order valence-electron chi connectivity index (χ0n) is 18.5. The fourth-order valence-corrected chi connectivity index (χ4v) is 6.26. The quantitative estimate of drug-likeness (QED) is 0.318. The van der Waals surface area contributed by atoms with E-state index in [1.165, 1.54) is 17.0 Å². The van der Waals surface area contributed by atoms with Crippen molar-refractivity contribution in [2.45, 2.75) is 22.8 Å². The van der Waals surface area contributed by atoms with Gasteiger partial charge in [-0.05, 0) is 54.1 Å². The van der Waals surface area contributed by atoms with E-state index in [4.69, 9.17) is 0 Å². The summed E-state index contributed by atoms with van der Waals surface area (Å²) in [5.41, 5.74) is 1.22. The molecule has 0 bridgehead atoms. The molecule has 35 heavy (non-hydrogen) atoms. The van der Waals surface area contributed by atoms with Crippen molar-refractivity contribution in [3.63, 3.8) is 0 Å². The molecule has 0 fully saturated rings. The lowest BCUT2D eigenvalue weighted by Crippen LogP contribution is -2.31. The molecule has 2 heterocycles. The summed E-state index contributed by atoms with van der Waals surface area (Å²) >= 11 is 1.13. The summed E-state index contributed by atoms with van der Waals surface area (Å²) in [6.07, 6.45) is 3.96. The van der Waals surface area contributed by atoms with Gasteiger partial charge in [-0.15, -0.1) is 0 Å². The van der Waals surface area contributed by atoms with Crippen molar-refractivity contribution in [2.24, 2.45) is 0 Å². The van der Waals surface area contributed by atoms with Crippen LogP contribution in [-0.2, 0) is 31.0 Å². The van der Waals surface area contributed by atoms with Gasteiger partial charge in [-0.3, -0.25) is 14.7 Å². The number of nitrogens with zero attached hydrogens (tertiary/aromatic N) is 3. The lowest BCUT2D eigenvalue weighted by molar-refractivity contribution is -0.118. The van der Waals surface area contributed by atoms with E-state index in [0.717, 1.165) is 41.9 Å². The highest BCUT2D eigenvalue weighted by molar-refractivity contribution is 7.91. The van der Waals surface area contributed by atoms with Crippen molar-refractivity contribution in [3.05, 3.63) is 78.4 Å². The van der Waals surface area contributed by atoms with E-state index in [0.29, 0.717) is 20.9 Å². The molecule has 1 amide bonds. The molecule has 4 rings (SSSR count). The molecular formula is C23H20FN3O5S3. The molecule has 12 heteroatoms. The highest BCUT2D eigenvalue weighted by Gasteiger charge is 2.24. The van der Waals surface area contributed by atoms with Gasteiger partial charge in [0, 0.05) is 25.1 Å². The fraction of sp³-hybridized carbons (Fsp3) is 0.174. The average Bonchev–Trinajstić information content (AvgIpc) is 3.24. The predicted molar refractivity (Wildman–Crippen MR) is 131 cm³/mol. The van der Waals surface area contributed by atoms with Crippen LogP contribution in [0, 0.1) is 5.82 Å². The summed E-state index contributed by atoms with van der Waals surface area (Å²) < 4.78 is 62.9. The Kier molecular flexibility index (Phi) is 6.97. The molecule has 0 saturated carbocycles. The summed E-state index contributed by atoms with van der Waals surface area (Å²) in [4.78, 5) is 23.2. The first-order valence-corrected chi connectivity index (χ1v) is 14.7. The van der Waals surface area contributed by atoms with Crippen LogP contribution in [0.3, 0.4) is 0 Å². The summed E-state index contributed by atoms with van der Waals surface area (Å²) in [6.45, 7) is 0.0992. The van der Waals surface area contributed by atoms with Crippen molar-refractivity contribution in [2.75, 3.05) is 16.9 Å². The summed E-state index contributed by atoms with van der Waals surface area (Å²) in [6, 6.07) is 12.4. The maximum absolute atomic E-state index is 13.2. The van der Waals surface area contributed by atoms with E-state index >= 15 is 0 Å². The third-order valence-electron chi connectivity index (χ3n) is 5.13. The SMILES string of the molecule is CS(=O)(=O)c1ccc2nc(N(Cc3cccnc3)C(=O)CCS(=O)(=O)c3ccc(F)cc3)sc2c1. The number of aromatic nitrogens is 2. The molecule has 0 aliphatic carbocycles. The maximum Gasteiger partial charge on any atom is 0.230 e. The van der Waals surface area contributed by atoms with E-state index < -0.39 is 37.2 Å². The second-order valence-corrected chi connectivity index (χ2v) is 12.9. The van der Waals surface area contributed by atoms with Gasteiger partial charge in [-0.1, -0.05) is 17.4 Å². The Hall–Kier alpha value is -3.22. The molecule has 0 saturated heterocycles. The van der Waals surface area contributed by atoms with Crippen molar-refractivity contribution in [1.82, 2.24) is 9.97 Å². The zero-order chi connectivity index (χ0) is 25.2. The Morgan fingerprint density at radius 3 is 2.40 bits per heavy atom. The molecule has 182 valence electrons. The molecule has 8 nitrogen and oxygen atoms in total. The standard InChI is InChI=1S/C23H20FN3O5S3/c1-34(29,30)19-8-9-20-21(13-19)33-23(26-20)27(15-16-3-2-11-25-14-16)22(28)10-12-35(31,32)18-6-4-17(24)5-7-18/h2-9,11,13-14H,10,12,15H2,1H3. The number of benzene rings is 2. The molecule has 0 spiro atoms. The van der Waals surface area contributed by atoms with Crippen LogP contribution in [0.1, 0.15) is 12.0 Å². The number of hydrogen-bond acceptors (Lipinski definition) is 8. The van der Waals surface area contributed by atoms with Crippen LogP contribution in [0.15, 0.2) is 76.8 Å². The molecule has 0 aliphatic heterocycles. The third kappa shape index (κ3) is 5.89.